The second-order valence-corrected chi connectivity index (χ2v) is 9.67. The summed E-state index contributed by atoms with van der Waals surface area (Å²) in [4.78, 5) is 17.8. The number of nitrogens with zero attached hydrogens (tertiary/aromatic N) is 2. The fourth-order valence-corrected chi connectivity index (χ4v) is 5.32. The highest BCUT2D eigenvalue weighted by Crippen LogP contribution is 2.37. The van der Waals surface area contributed by atoms with Crippen LogP contribution in [0.4, 0.5) is 0 Å². The van der Waals surface area contributed by atoms with Crippen molar-refractivity contribution >= 4 is 23.5 Å². The molecule has 1 spiro atoms. The Kier molecular flexibility index (Phi) is 6.45. The van der Waals surface area contributed by atoms with Crippen molar-refractivity contribution in [2.24, 2.45) is 5.92 Å². The number of hydrogen-bond donors (Lipinski definition) is 3. The Morgan fingerprint density at radius 1 is 1.22 bits per heavy atom. The van der Waals surface area contributed by atoms with E-state index in [1.165, 1.54) is 4.90 Å². The van der Waals surface area contributed by atoms with Crippen LogP contribution in [0, 0.1) is 5.92 Å². The zero-order valence-electron chi connectivity index (χ0n) is 18.0. The SMILES string of the molecule is O=C(NCc1ccc(SNCC2COC3(CCNCC3)C2)cc1)c1ccc2nccn2c1. The number of carbonyl (C=O) groups is 1. The Bertz CT molecular complexity index is 1060. The topological polar surface area (TPSA) is 79.7 Å². The van der Waals surface area contributed by atoms with Crippen LogP contribution in [-0.4, -0.2) is 47.1 Å². The fraction of sp³-hybridized carbons (Fsp3) is 0.417. The lowest BCUT2D eigenvalue weighted by atomic mass is 9.86. The monoisotopic (exact) mass is 451 g/mol. The van der Waals surface area contributed by atoms with Gasteiger partial charge in [0.1, 0.15) is 5.65 Å². The summed E-state index contributed by atoms with van der Waals surface area (Å²) in [6, 6.07) is 12.0. The number of piperidine rings is 1. The Balaban J connectivity index is 1.06. The van der Waals surface area contributed by atoms with Crippen LogP contribution in [0.1, 0.15) is 35.2 Å². The molecule has 1 aromatic carbocycles. The van der Waals surface area contributed by atoms with E-state index < -0.39 is 0 Å². The normalized spacial score (nSPS) is 20.1. The molecule has 168 valence electrons. The van der Waals surface area contributed by atoms with E-state index in [-0.39, 0.29) is 11.5 Å². The summed E-state index contributed by atoms with van der Waals surface area (Å²) in [6.45, 7) is 4.46. The molecule has 0 bridgehead atoms. The lowest BCUT2D eigenvalue weighted by molar-refractivity contribution is -0.0196. The Morgan fingerprint density at radius 2 is 2.06 bits per heavy atom. The van der Waals surface area contributed by atoms with Crippen molar-refractivity contribution < 1.29 is 9.53 Å². The minimum atomic E-state index is -0.0916. The molecule has 3 N–H and O–H groups in total. The first-order valence-corrected chi connectivity index (χ1v) is 12.1. The third-order valence-electron chi connectivity index (χ3n) is 6.39. The lowest BCUT2D eigenvalue weighted by Gasteiger charge is -2.33. The summed E-state index contributed by atoms with van der Waals surface area (Å²) in [6.07, 6.45) is 8.78. The minimum absolute atomic E-state index is 0.0916. The van der Waals surface area contributed by atoms with Gasteiger partial charge in [-0.15, -0.1) is 0 Å². The molecule has 2 aromatic heterocycles. The molecule has 32 heavy (non-hydrogen) atoms. The highest BCUT2D eigenvalue weighted by Gasteiger charge is 2.40. The quantitative estimate of drug-likeness (QED) is 0.479. The van der Waals surface area contributed by atoms with Crippen molar-refractivity contribution in [1.29, 1.82) is 0 Å². The number of imidazole rings is 1. The summed E-state index contributed by atoms with van der Waals surface area (Å²) < 4.78 is 11.5. The number of nitrogens with one attached hydrogen (secondary N) is 3. The van der Waals surface area contributed by atoms with E-state index in [4.69, 9.17) is 4.74 Å². The van der Waals surface area contributed by atoms with E-state index in [9.17, 15) is 4.79 Å². The van der Waals surface area contributed by atoms with Gasteiger partial charge in [-0.3, -0.25) is 9.52 Å². The molecular formula is C24H29N5O2S. The molecule has 0 aliphatic carbocycles. The van der Waals surface area contributed by atoms with Gasteiger partial charge in [-0.2, -0.15) is 0 Å². The van der Waals surface area contributed by atoms with Gasteiger partial charge in [0.2, 0.25) is 0 Å². The standard InChI is InChI=1S/C24H29N5O2S/c30-23(20-3-6-22-26-11-12-29(22)16-20)27-14-18-1-4-21(5-2-18)32-28-15-19-13-24(31-17-19)7-9-25-10-8-24/h1-6,11-12,16,19,25,28H,7-10,13-15,17H2,(H,27,30). The van der Waals surface area contributed by atoms with Crippen molar-refractivity contribution in [3.8, 4) is 0 Å². The van der Waals surface area contributed by atoms with Gasteiger partial charge in [0.15, 0.2) is 0 Å². The van der Waals surface area contributed by atoms with Crippen LogP contribution in [0.3, 0.4) is 0 Å². The number of amides is 1. The molecular weight excluding hydrogens is 422 g/mol. The maximum atomic E-state index is 12.5. The number of aromatic nitrogens is 2. The molecule has 2 fully saturated rings. The number of carbonyl (C=O) groups excluding carboxylic acids is 1. The molecule has 4 heterocycles. The van der Waals surface area contributed by atoms with Gasteiger partial charge < -0.3 is 19.8 Å². The zero-order chi connectivity index (χ0) is 21.8. The Hall–Kier alpha value is -2.39. The molecule has 2 aliphatic heterocycles. The smallest absolute Gasteiger partial charge is 0.253 e. The van der Waals surface area contributed by atoms with E-state index in [2.05, 4.69) is 44.6 Å². The van der Waals surface area contributed by atoms with Crippen LogP contribution in [0.15, 0.2) is 59.9 Å². The maximum Gasteiger partial charge on any atom is 0.253 e. The van der Waals surface area contributed by atoms with Crippen LogP contribution in [0.2, 0.25) is 0 Å². The number of ether oxygens (including phenoxy) is 1. The van der Waals surface area contributed by atoms with Crippen LogP contribution < -0.4 is 15.4 Å². The van der Waals surface area contributed by atoms with Gasteiger partial charge in [0, 0.05) is 36.6 Å². The molecule has 7 nitrogen and oxygen atoms in total. The van der Waals surface area contributed by atoms with Crippen molar-refractivity contribution in [2.45, 2.75) is 36.3 Å². The van der Waals surface area contributed by atoms with Crippen molar-refractivity contribution in [3.05, 3.63) is 66.1 Å². The summed E-state index contributed by atoms with van der Waals surface area (Å²) in [5.41, 5.74) is 2.64. The minimum Gasteiger partial charge on any atom is -0.375 e. The van der Waals surface area contributed by atoms with E-state index >= 15 is 0 Å². The number of hydrogen-bond acceptors (Lipinski definition) is 6. The van der Waals surface area contributed by atoms with Crippen molar-refractivity contribution in [3.63, 3.8) is 0 Å². The highest BCUT2D eigenvalue weighted by molar-refractivity contribution is 7.97. The largest absolute Gasteiger partial charge is 0.375 e. The lowest BCUT2D eigenvalue weighted by Crippen LogP contribution is -2.41. The molecule has 2 saturated heterocycles. The molecule has 2 aliphatic rings. The summed E-state index contributed by atoms with van der Waals surface area (Å²) >= 11 is 1.66. The first kappa shape index (κ1) is 21.5. The average Bonchev–Trinajstić information content (AvgIpc) is 3.45. The van der Waals surface area contributed by atoms with Crippen LogP contribution in [0.25, 0.3) is 5.65 Å². The molecule has 0 radical (unpaired) electrons. The molecule has 8 heteroatoms. The predicted molar refractivity (Wildman–Crippen MR) is 126 cm³/mol. The second-order valence-electron chi connectivity index (χ2n) is 8.70. The Morgan fingerprint density at radius 3 is 2.91 bits per heavy atom. The Labute approximate surface area is 192 Å². The van der Waals surface area contributed by atoms with E-state index in [0.717, 1.165) is 56.7 Å². The van der Waals surface area contributed by atoms with E-state index in [0.29, 0.717) is 18.0 Å². The average molecular weight is 452 g/mol. The molecule has 3 aromatic rings. The van der Waals surface area contributed by atoms with E-state index in [1.807, 2.05) is 16.7 Å². The van der Waals surface area contributed by atoms with Gasteiger partial charge in [-0.25, -0.2) is 4.98 Å². The zero-order valence-corrected chi connectivity index (χ0v) is 18.9. The van der Waals surface area contributed by atoms with Crippen molar-refractivity contribution in [2.75, 3.05) is 26.2 Å². The summed E-state index contributed by atoms with van der Waals surface area (Å²) in [5.74, 6) is 0.489. The second kappa shape index (κ2) is 9.62. The highest BCUT2D eigenvalue weighted by atomic mass is 32.2. The number of fused-ring (bicyclic) bond motifs is 1. The van der Waals surface area contributed by atoms with Crippen molar-refractivity contribution in [1.82, 2.24) is 24.7 Å². The van der Waals surface area contributed by atoms with Gasteiger partial charge in [-0.1, -0.05) is 12.1 Å². The van der Waals surface area contributed by atoms with Gasteiger partial charge in [0.25, 0.3) is 5.91 Å². The fourth-order valence-electron chi connectivity index (χ4n) is 4.56. The van der Waals surface area contributed by atoms with Gasteiger partial charge in [-0.05, 0) is 80.0 Å². The van der Waals surface area contributed by atoms with Gasteiger partial charge >= 0.3 is 0 Å². The number of benzene rings is 1. The summed E-state index contributed by atoms with van der Waals surface area (Å²) in [5, 5.41) is 6.41. The van der Waals surface area contributed by atoms with Crippen LogP contribution >= 0.6 is 11.9 Å². The third-order valence-corrected chi connectivity index (χ3v) is 7.21. The van der Waals surface area contributed by atoms with Crippen LogP contribution in [0.5, 0.6) is 0 Å². The molecule has 0 saturated carbocycles. The first-order chi connectivity index (χ1) is 15.7. The first-order valence-electron chi connectivity index (χ1n) is 11.2. The third kappa shape index (κ3) is 4.99. The number of rotatable bonds is 7. The van der Waals surface area contributed by atoms with Crippen LogP contribution in [-0.2, 0) is 11.3 Å². The molecule has 1 unspecified atom stereocenters. The molecule has 1 amide bonds. The molecule has 1 atom stereocenters. The maximum absolute atomic E-state index is 12.5. The molecule has 5 rings (SSSR count). The summed E-state index contributed by atoms with van der Waals surface area (Å²) in [7, 11) is 0. The predicted octanol–water partition coefficient (Wildman–Crippen LogP) is 3.02. The van der Waals surface area contributed by atoms with E-state index in [1.54, 1.807) is 30.4 Å². The number of pyridine rings is 1. The van der Waals surface area contributed by atoms with Gasteiger partial charge in [0.05, 0.1) is 17.8 Å².